The fraction of sp³-hybridized carbons (Fsp3) is 0.257. The van der Waals surface area contributed by atoms with E-state index in [2.05, 4.69) is 72.2 Å². The standard InChI is InChI=1S/C36H38N4O4.C34H34N4O4/c1-9-23-19(3)27-15-28-21(5)25(11-13-35(41)43-7)33(39-28)18-34-26(12-14-36(42)44-8)22(6)30(40-34)17-32-24(10-2)20(4)29(38-32)16-31(23)37-27;1-7-21-17(3)25-13-26-19(5)23(9-11-33(39)40)31(37-26)16-32-24(10-12-34(41)42)20(6)28(38-32)15-30-22(8-2)18(4)27(36-30)14-29(21)35-25/h9-10,15-18,37-38H,1-2,11-14H2,3-8H3;7-8,13-16,35-36H,1-2,9-12H2,3-6H3,(H,39,40)(H,41,42). The van der Waals surface area contributed by atoms with Gasteiger partial charge >= 0.3 is 23.9 Å². The van der Waals surface area contributed by atoms with E-state index >= 15 is 0 Å². The van der Waals surface area contributed by atoms with Crippen LogP contribution in [0.1, 0.15) is 169 Å². The number of carbonyl (C=O) groups is 4. The maximum absolute atomic E-state index is 12.2. The summed E-state index contributed by atoms with van der Waals surface area (Å²) in [6, 6.07) is 16.0. The molecule has 0 atom stereocenters. The zero-order chi connectivity index (χ0) is 62.0. The van der Waals surface area contributed by atoms with Gasteiger partial charge in [-0.1, -0.05) is 50.6 Å². The van der Waals surface area contributed by atoms with Crippen LogP contribution in [-0.2, 0) is 28.7 Å². The van der Waals surface area contributed by atoms with Crippen molar-refractivity contribution in [2.45, 2.75) is 107 Å². The highest BCUT2D eigenvalue weighted by Gasteiger charge is 2.26. The number of H-pyrrole nitrogens is 4. The number of nitrogens with zero attached hydrogens (tertiary/aromatic N) is 4. The number of hydrogen-bond acceptors (Lipinski definition) is 10. The third-order valence-electron chi connectivity index (χ3n) is 16.9. The largest absolute Gasteiger partial charge is 0.481 e. The summed E-state index contributed by atoms with van der Waals surface area (Å²) in [4.78, 5) is 81.6. The first kappa shape index (κ1) is 60.6. The third kappa shape index (κ3) is 11.9. The van der Waals surface area contributed by atoms with Crippen molar-refractivity contribution in [3.8, 4) is 0 Å². The van der Waals surface area contributed by atoms with Gasteiger partial charge in [0.05, 0.1) is 59.8 Å². The number of carboxylic acids is 2. The summed E-state index contributed by atoms with van der Waals surface area (Å²) in [5.74, 6) is -2.35. The molecule has 0 spiro atoms. The van der Waals surface area contributed by atoms with Crippen LogP contribution in [0.5, 0.6) is 0 Å². The Bertz CT molecular complexity index is 4430. The molecule has 6 aromatic heterocycles. The Labute approximate surface area is 499 Å². The molecule has 0 amide bonds. The Morgan fingerprint density at radius 3 is 0.849 bits per heavy atom. The molecule has 4 aliphatic heterocycles. The number of aryl methyl sites for hydroxylation is 4. The van der Waals surface area contributed by atoms with E-state index in [1.54, 1.807) is 0 Å². The number of aromatic amines is 4. The van der Waals surface area contributed by atoms with Crippen LogP contribution in [0.2, 0.25) is 0 Å². The molecule has 4 aliphatic rings. The Morgan fingerprint density at radius 1 is 0.372 bits per heavy atom. The monoisotopic (exact) mass is 1150 g/mol. The minimum absolute atomic E-state index is 0.0367. The Balaban J connectivity index is 0.000000206. The molecule has 0 unspecified atom stereocenters. The van der Waals surface area contributed by atoms with Gasteiger partial charge in [0.2, 0.25) is 0 Å². The summed E-state index contributed by atoms with van der Waals surface area (Å²) in [6.07, 6.45) is 9.30. The number of hydrogen-bond donors (Lipinski definition) is 6. The van der Waals surface area contributed by atoms with Gasteiger partial charge in [0.15, 0.2) is 0 Å². The van der Waals surface area contributed by atoms with Gasteiger partial charge in [-0.3, -0.25) is 19.2 Å². The number of esters is 2. The van der Waals surface area contributed by atoms with Crippen LogP contribution >= 0.6 is 0 Å². The fourth-order valence-electron chi connectivity index (χ4n) is 11.7. The zero-order valence-electron chi connectivity index (χ0n) is 50.5. The quantitative estimate of drug-likeness (QED) is 0.0496. The van der Waals surface area contributed by atoms with Gasteiger partial charge in [0.1, 0.15) is 0 Å². The van der Waals surface area contributed by atoms with Crippen molar-refractivity contribution in [2.24, 2.45) is 0 Å². The summed E-state index contributed by atoms with van der Waals surface area (Å²) >= 11 is 0. The van der Waals surface area contributed by atoms with E-state index in [1.165, 1.54) is 14.2 Å². The number of aliphatic carboxylic acids is 2. The first-order chi connectivity index (χ1) is 41.1. The van der Waals surface area contributed by atoms with Crippen LogP contribution in [0.15, 0.2) is 74.8 Å². The molecule has 0 aromatic carbocycles. The summed E-state index contributed by atoms with van der Waals surface area (Å²) in [5.41, 5.74) is 28.4. The first-order valence-electron chi connectivity index (χ1n) is 28.5. The number of carboxylic acid groups (broad SMARTS) is 2. The van der Waals surface area contributed by atoms with Crippen LogP contribution in [-0.4, -0.2) is 88.2 Å². The summed E-state index contributed by atoms with van der Waals surface area (Å²) in [6.45, 7) is 32.4. The lowest BCUT2D eigenvalue weighted by atomic mass is 9.98. The number of aromatic nitrogens is 8. The number of methoxy groups -OCH3 is 2. The summed E-state index contributed by atoms with van der Waals surface area (Å²) in [7, 11) is 2.79. The van der Waals surface area contributed by atoms with Gasteiger partial charge in [-0.05, 0) is 196 Å². The average Bonchev–Trinajstić information content (AvgIpc) is 2.48. The van der Waals surface area contributed by atoms with E-state index in [4.69, 9.17) is 29.4 Å². The van der Waals surface area contributed by atoms with Gasteiger partial charge in [-0.15, -0.1) is 0 Å². The minimum Gasteiger partial charge on any atom is -0.481 e. The fourth-order valence-corrected chi connectivity index (χ4v) is 11.7. The molecule has 10 heterocycles. The summed E-state index contributed by atoms with van der Waals surface area (Å²) in [5, 5.41) is 18.9. The van der Waals surface area contributed by atoms with Crippen molar-refractivity contribution >= 4 is 137 Å². The van der Waals surface area contributed by atoms with Gasteiger partial charge in [0.25, 0.3) is 0 Å². The molecule has 16 bridgehead atoms. The van der Waals surface area contributed by atoms with Crippen molar-refractivity contribution in [3.63, 3.8) is 0 Å². The number of rotatable bonds is 16. The lowest BCUT2D eigenvalue weighted by Gasteiger charge is -2.06. The highest BCUT2D eigenvalue weighted by Crippen LogP contribution is 2.41. The van der Waals surface area contributed by atoms with Crippen molar-refractivity contribution in [1.29, 1.82) is 0 Å². The van der Waals surface area contributed by atoms with E-state index in [9.17, 15) is 29.4 Å². The van der Waals surface area contributed by atoms with Crippen LogP contribution in [0.3, 0.4) is 0 Å². The van der Waals surface area contributed by atoms with Gasteiger partial charge in [-0.25, -0.2) is 19.9 Å². The molecule has 0 saturated carbocycles. The second-order valence-electron chi connectivity index (χ2n) is 21.8. The number of fused-ring (bicyclic) bond motifs is 16. The second-order valence-corrected chi connectivity index (χ2v) is 21.8. The Kier molecular flexibility index (Phi) is 17.7. The van der Waals surface area contributed by atoms with Crippen molar-refractivity contribution < 1.29 is 38.9 Å². The van der Waals surface area contributed by atoms with Crippen LogP contribution in [0.25, 0.3) is 113 Å². The lowest BCUT2D eigenvalue weighted by molar-refractivity contribution is -0.141. The predicted molar refractivity (Wildman–Crippen MR) is 348 cm³/mol. The van der Waals surface area contributed by atoms with E-state index in [1.807, 2.05) is 102 Å². The van der Waals surface area contributed by atoms with E-state index in [0.717, 1.165) is 167 Å². The van der Waals surface area contributed by atoms with Gasteiger partial charge in [0, 0.05) is 92.1 Å². The molecule has 86 heavy (non-hydrogen) atoms. The SMILES string of the molecule is C=Cc1c(C)c2cc3[nH]c(cc4nc(cc5nc(cc1[nH]2)C(C)=C5CCC(=O)O)C(CCC(=O)O)=C4C)c(C)c3C=C.C=Cc1c(C)c2cc3[nH]c(cc4nc(cc5nc(cc1[nH]2)C(C)=C5CCC(=O)OC)C(CCC(=O)OC)=C4C)c(C)c3C=C. The Morgan fingerprint density at radius 2 is 0.605 bits per heavy atom. The lowest BCUT2D eigenvalue weighted by Crippen LogP contribution is -2.01. The van der Waals surface area contributed by atoms with E-state index in [-0.39, 0.29) is 37.6 Å². The molecule has 6 N–H and O–H groups in total. The molecule has 0 fully saturated rings. The molecule has 0 radical (unpaired) electrons. The van der Waals surface area contributed by atoms with Crippen molar-refractivity contribution in [1.82, 2.24) is 39.9 Å². The van der Waals surface area contributed by atoms with Crippen LogP contribution < -0.4 is 0 Å². The highest BCUT2D eigenvalue weighted by atomic mass is 16.5. The number of carbonyl (C=O) groups excluding carboxylic acids is 2. The molecule has 0 aliphatic carbocycles. The molecule has 16 nitrogen and oxygen atoms in total. The molecule has 16 heteroatoms. The number of nitrogens with one attached hydrogen (secondary N) is 4. The summed E-state index contributed by atoms with van der Waals surface area (Å²) < 4.78 is 9.88. The van der Waals surface area contributed by atoms with E-state index in [0.29, 0.717) is 37.1 Å². The van der Waals surface area contributed by atoms with Crippen molar-refractivity contribution in [3.05, 3.63) is 165 Å². The smallest absolute Gasteiger partial charge is 0.305 e. The first-order valence-corrected chi connectivity index (χ1v) is 28.5. The number of ether oxygens (including phenoxy) is 2. The predicted octanol–water partition coefficient (Wildman–Crippen LogP) is 15.8. The molecule has 0 saturated heterocycles. The molecule has 6 aromatic rings. The highest BCUT2D eigenvalue weighted by molar-refractivity contribution is 6.00. The number of allylic oxidation sites excluding steroid dienone is 8. The van der Waals surface area contributed by atoms with Crippen LogP contribution in [0, 0.1) is 27.7 Å². The van der Waals surface area contributed by atoms with Gasteiger partial charge < -0.3 is 39.6 Å². The Hall–Kier alpha value is -9.96. The third-order valence-corrected chi connectivity index (χ3v) is 16.9. The zero-order valence-corrected chi connectivity index (χ0v) is 50.5. The molecule has 10 rings (SSSR count). The molecule has 440 valence electrons. The average molecular weight is 1150 g/mol. The normalized spacial score (nSPS) is 13.0. The van der Waals surface area contributed by atoms with E-state index < -0.39 is 11.9 Å². The second kappa shape index (κ2) is 25.1. The maximum Gasteiger partial charge on any atom is 0.305 e. The van der Waals surface area contributed by atoms with Crippen molar-refractivity contribution in [2.75, 3.05) is 14.2 Å². The molecular formula is C70H72N8O8. The van der Waals surface area contributed by atoms with Gasteiger partial charge in [-0.2, -0.15) is 0 Å². The van der Waals surface area contributed by atoms with Crippen LogP contribution in [0.4, 0.5) is 0 Å². The molecular weight excluding hydrogens is 1080 g/mol. The minimum atomic E-state index is -0.889. The maximum atomic E-state index is 12.2. The topological polar surface area (TPSA) is 242 Å².